The number of carboxylic acid groups (broad SMARTS) is 1. The van der Waals surface area contributed by atoms with E-state index in [0.717, 1.165) is 0 Å². The molecule has 0 aromatic carbocycles. The van der Waals surface area contributed by atoms with E-state index in [4.69, 9.17) is 5.11 Å². The van der Waals surface area contributed by atoms with Gasteiger partial charge in [0.25, 0.3) is 0 Å². The SMILES string of the molecule is C#C.CCOC(=O)O.CCc1coc(=O)o1. The lowest BCUT2D eigenvalue weighted by molar-refractivity contribution is 0.0966. The maximum atomic E-state index is 10.1. The van der Waals surface area contributed by atoms with Crippen molar-refractivity contribution in [1.82, 2.24) is 0 Å². The molecule has 0 atom stereocenters. The Morgan fingerprint density at radius 1 is 1.50 bits per heavy atom. The summed E-state index contributed by atoms with van der Waals surface area (Å²) in [7, 11) is 0. The van der Waals surface area contributed by atoms with Gasteiger partial charge in [0.15, 0.2) is 0 Å². The zero-order valence-electron chi connectivity index (χ0n) is 9.13. The van der Waals surface area contributed by atoms with Gasteiger partial charge < -0.3 is 18.7 Å². The molecule has 1 rings (SSSR count). The molecule has 6 nitrogen and oxygen atoms in total. The third-order valence-corrected chi connectivity index (χ3v) is 1.12. The Kier molecular flexibility index (Phi) is 11.1. The normalized spacial score (nSPS) is 7.75. The van der Waals surface area contributed by atoms with Crippen LogP contribution in [0.25, 0.3) is 0 Å². The van der Waals surface area contributed by atoms with E-state index in [9.17, 15) is 9.59 Å². The van der Waals surface area contributed by atoms with E-state index in [-0.39, 0.29) is 6.61 Å². The van der Waals surface area contributed by atoms with Gasteiger partial charge in [0.1, 0.15) is 12.0 Å². The molecule has 6 heteroatoms. The van der Waals surface area contributed by atoms with Crippen molar-refractivity contribution in [2.24, 2.45) is 0 Å². The Balaban J connectivity index is 0. The summed E-state index contributed by atoms with van der Waals surface area (Å²) in [6.07, 6.45) is 8.81. The number of hydrogen-bond donors (Lipinski definition) is 1. The summed E-state index contributed by atoms with van der Waals surface area (Å²) in [6, 6.07) is 0. The van der Waals surface area contributed by atoms with E-state index in [2.05, 4.69) is 26.4 Å². The first-order valence-corrected chi connectivity index (χ1v) is 4.36. The Labute approximate surface area is 92.8 Å². The van der Waals surface area contributed by atoms with Crippen LogP contribution in [0.1, 0.15) is 19.6 Å². The van der Waals surface area contributed by atoms with E-state index in [1.165, 1.54) is 6.26 Å². The fraction of sp³-hybridized carbons (Fsp3) is 0.400. The smallest absolute Gasteiger partial charge is 0.450 e. The van der Waals surface area contributed by atoms with Crippen molar-refractivity contribution in [2.75, 3.05) is 6.61 Å². The minimum absolute atomic E-state index is 0.231. The average Bonchev–Trinajstić information content (AvgIpc) is 2.68. The zero-order valence-corrected chi connectivity index (χ0v) is 9.13. The molecule has 1 aromatic rings. The van der Waals surface area contributed by atoms with Crippen molar-refractivity contribution in [3.05, 3.63) is 22.6 Å². The molecule has 90 valence electrons. The van der Waals surface area contributed by atoms with Crippen LogP contribution < -0.4 is 5.82 Å². The Morgan fingerprint density at radius 2 is 2.06 bits per heavy atom. The molecule has 0 fully saturated rings. The molecular formula is C10H14O6. The van der Waals surface area contributed by atoms with Gasteiger partial charge in [-0.1, -0.05) is 6.92 Å². The van der Waals surface area contributed by atoms with E-state index < -0.39 is 12.0 Å². The number of aryl methyl sites for hydroxylation is 1. The molecule has 0 amide bonds. The van der Waals surface area contributed by atoms with Gasteiger partial charge in [-0.3, -0.25) is 0 Å². The van der Waals surface area contributed by atoms with Gasteiger partial charge in [-0.2, -0.15) is 0 Å². The molecule has 0 aliphatic rings. The molecular weight excluding hydrogens is 216 g/mol. The summed E-state index contributed by atoms with van der Waals surface area (Å²) < 4.78 is 12.8. The lowest BCUT2D eigenvalue weighted by Gasteiger charge is -1.87. The van der Waals surface area contributed by atoms with Crippen LogP contribution in [0, 0.1) is 12.8 Å². The lowest BCUT2D eigenvalue weighted by Crippen LogP contribution is -1.97. The van der Waals surface area contributed by atoms with Crippen LogP contribution in [-0.2, 0) is 11.2 Å². The molecule has 1 aromatic heterocycles. The second-order valence-corrected chi connectivity index (χ2v) is 2.11. The highest BCUT2D eigenvalue weighted by Crippen LogP contribution is 1.93. The Hall–Kier alpha value is -2.16. The number of carbonyl (C=O) groups is 1. The summed E-state index contributed by atoms with van der Waals surface area (Å²) in [5, 5.41) is 7.69. The monoisotopic (exact) mass is 230 g/mol. The van der Waals surface area contributed by atoms with Crippen molar-refractivity contribution in [3.63, 3.8) is 0 Å². The van der Waals surface area contributed by atoms with Gasteiger partial charge >= 0.3 is 12.0 Å². The number of hydrogen-bond acceptors (Lipinski definition) is 5. The summed E-state index contributed by atoms with van der Waals surface area (Å²) in [4.78, 5) is 19.5. The van der Waals surface area contributed by atoms with E-state index in [1.807, 2.05) is 6.92 Å². The van der Waals surface area contributed by atoms with Crippen LogP contribution in [0.2, 0.25) is 0 Å². The Bertz CT molecular complexity index is 345. The van der Waals surface area contributed by atoms with Crippen LogP contribution >= 0.6 is 0 Å². The summed E-state index contributed by atoms with van der Waals surface area (Å²) in [5.74, 6) is -0.0307. The summed E-state index contributed by atoms with van der Waals surface area (Å²) in [5.41, 5.74) is 0. The highest BCUT2D eigenvalue weighted by molar-refractivity contribution is 5.56. The van der Waals surface area contributed by atoms with Crippen molar-refractivity contribution < 1.29 is 23.5 Å². The molecule has 16 heavy (non-hydrogen) atoms. The van der Waals surface area contributed by atoms with Crippen LogP contribution in [0.3, 0.4) is 0 Å². The number of terminal acetylenes is 1. The predicted molar refractivity (Wildman–Crippen MR) is 56.2 cm³/mol. The van der Waals surface area contributed by atoms with Crippen LogP contribution in [0.5, 0.6) is 0 Å². The second kappa shape index (κ2) is 10.9. The van der Waals surface area contributed by atoms with Crippen molar-refractivity contribution in [3.8, 4) is 12.8 Å². The minimum Gasteiger partial charge on any atom is -0.450 e. The third kappa shape index (κ3) is 9.92. The molecule has 0 aliphatic carbocycles. The first kappa shape index (κ1) is 16.3. The standard InChI is InChI=1S/C5H6O3.C3H6O3.C2H2/c1-2-4-3-7-5(6)8-4;1-2-6-3(4)5;1-2/h3H,2H2,1H3;2H2,1H3,(H,4,5);1-2H. The zero-order chi connectivity index (χ0) is 13.0. The van der Waals surface area contributed by atoms with Gasteiger partial charge in [0, 0.05) is 6.42 Å². The lowest BCUT2D eigenvalue weighted by atomic mass is 10.4. The van der Waals surface area contributed by atoms with Crippen molar-refractivity contribution >= 4 is 6.16 Å². The molecule has 1 N–H and O–H groups in total. The molecule has 0 radical (unpaired) electrons. The summed E-state index contributed by atoms with van der Waals surface area (Å²) >= 11 is 0. The molecule has 0 bridgehead atoms. The molecule has 0 spiro atoms. The fourth-order valence-corrected chi connectivity index (χ4v) is 0.548. The van der Waals surface area contributed by atoms with E-state index in [1.54, 1.807) is 6.92 Å². The fourth-order valence-electron chi connectivity index (χ4n) is 0.548. The van der Waals surface area contributed by atoms with Gasteiger partial charge in [-0.05, 0) is 6.92 Å². The van der Waals surface area contributed by atoms with Crippen LogP contribution in [-0.4, -0.2) is 17.9 Å². The number of ether oxygens (including phenoxy) is 1. The first-order chi connectivity index (χ1) is 7.60. The molecule has 0 saturated carbocycles. The van der Waals surface area contributed by atoms with Crippen molar-refractivity contribution in [1.29, 1.82) is 0 Å². The highest BCUT2D eigenvalue weighted by Gasteiger charge is 1.94. The maximum absolute atomic E-state index is 10.1. The largest absolute Gasteiger partial charge is 0.518 e. The van der Waals surface area contributed by atoms with Crippen LogP contribution in [0.4, 0.5) is 4.79 Å². The predicted octanol–water partition coefficient (Wildman–Crippen LogP) is 1.75. The summed E-state index contributed by atoms with van der Waals surface area (Å²) in [6.45, 7) is 3.73. The third-order valence-electron chi connectivity index (χ3n) is 1.12. The van der Waals surface area contributed by atoms with Gasteiger partial charge in [-0.25, -0.2) is 9.59 Å². The Morgan fingerprint density at radius 3 is 2.19 bits per heavy atom. The van der Waals surface area contributed by atoms with Gasteiger partial charge in [0.05, 0.1) is 6.61 Å². The first-order valence-electron chi connectivity index (χ1n) is 4.36. The van der Waals surface area contributed by atoms with Crippen LogP contribution in [0.15, 0.2) is 19.9 Å². The molecule has 0 unspecified atom stereocenters. The van der Waals surface area contributed by atoms with Crippen molar-refractivity contribution in [2.45, 2.75) is 20.3 Å². The van der Waals surface area contributed by atoms with E-state index >= 15 is 0 Å². The second-order valence-electron chi connectivity index (χ2n) is 2.11. The highest BCUT2D eigenvalue weighted by atomic mass is 16.7. The molecule has 0 saturated heterocycles. The molecule has 0 aliphatic heterocycles. The average molecular weight is 230 g/mol. The molecule has 1 heterocycles. The quantitative estimate of drug-likeness (QED) is 0.614. The topological polar surface area (TPSA) is 89.9 Å². The minimum atomic E-state index is -1.21. The van der Waals surface area contributed by atoms with E-state index in [0.29, 0.717) is 12.2 Å². The van der Waals surface area contributed by atoms with Gasteiger partial charge in [0.2, 0.25) is 0 Å². The number of rotatable bonds is 2. The maximum Gasteiger partial charge on any atom is 0.518 e. The van der Waals surface area contributed by atoms with Gasteiger partial charge in [-0.15, -0.1) is 12.8 Å².